The molecule has 1 N–H and O–H groups in total. The molecule has 0 atom stereocenters. The number of amides is 1. The molecule has 2 aromatic rings. The van der Waals surface area contributed by atoms with Crippen LogP contribution in [0.25, 0.3) is 10.2 Å². The second-order valence-corrected chi connectivity index (χ2v) is 7.62. The van der Waals surface area contributed by atoms with Gasteiger partial charge in [0.25, 0.3) is 5.91 Å². The third-order valence-corrected chi connectivity index (χ3v) is 5.80. The van der Waals surface area contributed by atoms with E-state index in [0.29, 0.717) is 5.75 Å². The van der Waals surface area contributed by atoms with Crippen molar-refractivity contribution in [3.63, 3.8) is 0 Å². The van der Waals surface area contributed by atoms with Crippen molar-refractivity contribution in [1.29, 1.82) is 0 Å². The van der Waals surface area contributed by atoms with Gasteiger partial charge >= 0.3 is 0 Å². The molecule has 1 fully saturated rings. The van der Waals surface area contributed by atoms with Crippen molar-refractivity contribution in [2.45, 2.75) is 42.9 Å². The number of hydrogen-bond acceptors (Lipinski definition) is 5. The van der Waals surface area contributed by atoms with E-state index in [1.165, 1.54) is 37.4 Å². The van der Waals surface area contributed by atoms with Crippen LogP contribution in [0.3, 0.4) is 0 Å². The molecule has 1 aliphatic rings. The molecule has 1 heterocycles. The summed E-state index contributed by atoms with van der Waals surface area (Å²) in [6.07, 6.45) is 6.97. The third-order valence-electron chi connectivity index (χ3n) is 3.62. The van der Waals surface area contributed by atoms with Gasteiger partial charge in [-0.2, -0.15) is 5.10 Å². The Labute approximate surface area is 138 Å². The average molecular weight is 333 g/mol. The number of carbonyl (C=O) groups excluding carboxylic acids is 1. The first-order valence-electron chi connectivity index (χ1n) is 7.64. The molecule has 1 amide bonds. The number of nitrogens with zero attached hydrogens (tertiary/aromatic N) is 2. The van der Waals surface area contributed by atoms with Crippen LogP contribution < -0.4 is 5.43 Å². The molecule has 1 saturated carbocycles. The van der Waals surface area contributed by atoms with Crippen LogP contribution in [0.2, 0.25) is 0 Å². The van der Waals surface area contributed by atoms with E-state index in [1.807, 2.05) is 18.2 Å². The summed E-state index contributed by atoms with van der Waals surface area (Å²) in [6, 6.07) is 8.03. The fraction of sp³-hybridized carbons (Fsp3) is 0.438. The zero-order valence-electron chi connectivity index (χ0n) is 12.4. The molecule has 0 spiro atoms. The highest BCUT2D eigenvalue weighted by Gasteiger charge is 2.09. The van der Waals surface area contributed by atoms with Crippen molar-refractivity contribution in [2.24, 2.45) is 5.10 Å². The topological polar surface area (TPSA) is 54.4 Å². The second-order valence-electron chi connectivity index (χ2n) is 5.36. The lowest BCUT2D eigenvalue weighted by atomic mass is 10.2. The monoisotopic (exact) mass is 333 g/mol. The van der Waals surface area contributed by atoms with Gasteiger partial charge in [0.15, 0.2) is 4.34 Å². The first kappa shape index (κ1) is 15.5. The molecule has 3 rings (SSSR count). The minimum Gasteiger partial charge on any atom is -0.272 e. The van der Waals surface area contributed by atoms with Crippen LogP contribution in [-0.2, 0) is 4.79 Å². The molecule has 0 bridgehead atoms. The maximum Gasteiger partial charge on any atom is 0.250 e. The highest BCUT2D eigenvalue weighted by molar-refractivity contribution is 8.01. The summed E-state index contributed by atoms with van der Waals surface area (Å²) in [5.41, 5.74) is 4.82. The van der Waals surface area contributed by atoms with Gasteiger partial charge in [-0.15, -0.1) is 11.3 Å². The normalized spacial score (nSPS) is 15.5. The number of fused-ring (bicyclic) bond motifs is 1. The van der Waals surface area contributed by atoms with Gasteiger partial charge in [-0.1, -0.05) is 36.7 Å². The van der Waals surface area contributed by atoms with Gasteiger partial charge in [0.05, 0.1) is 16.0 Å². The number of carbonyl (C=O) groups is 1. The van der Waals surface area contributed by atoms with Gasteiger partial charge in [0.2, 0.25) is 0 Å². The van der Waals surface area contributed by atoms with E-state index in [9.17, 15) is 4.79 Å². The van der Waals surface area contributed by atoms with E-state index in [2.05, 4.69) is 21.6 Å². The Kier molecular flexibility index (Phi) is 5.45. The minimum atomic E-state index is -0.0546. The largest absolute Gasteiger partial charge is 0.272 e. The molecule has 6 heteroatoms. The van der Waals surface area contributed by atoms with E-state index in [-0.39, 0.29) is 5.91 Å². The predicted molar refractivity (Wildman–Crippen MR) is 93.6 cm³/mol. The molecule has 116 valence electrons. The maximum atomic E-state index is 11.9. The summed E-state index contributed by atoms with van der Waals surface area (Å²) < 4.78 is 2.09. The fourth-order valence-electron chi connectivity index (χ4n) is 2.46. The molecule has 0 aliphatic heterocycles. The van der Waals surface area contributed by atoms with Crippen molar-refractivity contribution in [3.05, 3.63) is 24.3 Å². The van der Waals surface area contributed by atoms with Crippen LogP contribution in [0.5, 0.6) is 0 Å². The van der Waals surface area contributed by atoms with Gasteiger partial charge in [0, 0.05) is 5.71 Å². The highest BCUT2D eigenvalue weighted by atomic mass is 32.2. The van der Waals surface area contributed by atoms with Crippen molar-refractivity contribution in [3.8, 4) is 0 Å². The Morgan fingerprint density at radius 2 is 2.00 bits per heavy atom. The molecule has 0 unspecified atom stereocenters. The van der Waals surface area contributed by atoms with E-state index < -0.39 is 0 Å². The van der Waals surface area contributed by atoms with Crippen LogP contribution >= 0.6 is 23.1 Å². The maximum absolute atomic E-state index is 11.9. The number of hydrazone groups is 1. The molecule has 1 aromatic heterocycles. The number of nitrogens with one attached hydrogen (secondary N) is 1. The fourth-order valence-corrected chi connectivity index (χ4v) is 4.32. The Morgan fingerprint density at radius 3 is 2.77 bits per heavy atom. The molecular formula is C16H19N3OS2. The lowest BCUT2D eigenvalue weighted by molar-refractivity contribution is -0.118. The molecular weight excluding hydrogens is 314 g/mol. The zero-order valence-corrected chi connectivity index (χ0v) is 14.0. The van der Waals surface area contributed by atoms with Gasteiger partial charge < -0.3 is 0 Å². The quantitative estimate of drug-likeness (QED) is 0.518. The van der Waals surface area contributed by atoms with Gasteiger partial charge in [-0.3, -0.25) is 4.79 Å². The van der Waals surface area contributed by atoms with E-state index in [1.54, 1.807) is 11.3 Å². The number of para-hydroxylation sites is 1. The molecule has 0 radical (unpaired) electrons. The summed E-state index contributed by atoms with van der Waals surface area (Å²) in [7, 11) is 0. The SMILES string of the molecule is O=C(CSc1nc2ccccc2s1)NN=C1CCCCCC1. The molecule has 22 heavy (non-hydrogen) atoms. The van der Waals surface area contributed by atoms with Crippen molar-refractivity contribution in [1.82, 2.24) is 10.4 Å². The summed E-state index contributed by atoms with van der Waals surface area (Å²) in [6.45, 7) is 0. The van der Waals surface area contributed by atoms with E-state index in [4.69, 9.17) is 0 Å². The Bertz CT molecular complexity index is 638. The van der Waals surface area contributed by atoms with Crippen molar-refractivity contribution < 1.29 is 4.79 Å². The zero-order chi connectivity index (χ0) is 15.2. The lowest BCUT2D eigenvalue weighted by Gasteiger charge is -2.02. The second kappa shape index (κ2) is 7.74. The van der Waals surface area contributed by atoms with Crippen LogP contribution in [0.1, 0.15) is 38.5 Å². The number of rotatable bonds is 4. The Morgan fingerprint density at radius 1 is 1.23 bits per heavy atom. The van der Waals surface area contributed by atoms with Gasteiger partial charge in [0.1, 0.15) is 0 Å². The molecule has 4 nitrogen and oxygen atoms in total. The first-order chi connectivity index (χ1) is 10.8. The Hall–Kier alpha value is -1.40. The third kappa shape index (κ3) is 4.30. The number of hydrogen-bond donors (Lipinski definition) is 1. The summed E-state index contributed by atoms with van der Waals surface area (Å²) in [5.74, 6) is 0.303. The van der Waals surface area contributed by atoms with E-state index in [0.717, 1.165) is 33.1 Å². The summed E-state index contributed by atoms with van der Waals surface area (Å²) in [4.78, 5) is 16.4. The lowest BCUT2D eigenvalue weighted by Crippen LogP contribution is -2.21. The smallest absolute Gasteiger partial charge is 0.250 e. The van der Waals surface area contributed by atoms with Crippen LogP contribution in [-0.4, -0.2) is 22.4 Å². The first-order valence-corrected chi connectivity index (χ1v) is 9.44. The number of thiazole rings is 1. The summed E-state index contributed by atoms with van der Waals surface area (Å²) in [5, 5.41) is 4.28. The number of thioether (sulfide) groups is 1. The molecule has 1 aromatic carbocycles. The number of aromatic nitrogens is 1. The van der Waals surface area contributed by atoms with Crippen molar-refractivity contribution in [2.75, 3.05) is 5.75 Å². The molecule has 0 saturated heterocycles. The van der Waals surface area contributed by atoms with Gasteiger partial charge in [-0.25, -0.2) is 10.4 Å². The average Bonchev–Trinajstić information content (AvgIpc) is 2.77. The minimum absolute atomic E-state index is 0.0546. The summed E-state index contributed by atoms with van der Waals surface area (Å²) >= 11 is 3.10. The van der Waals surface area contributed by atoms with Gasteiger partial charge in [-0.05, 0) is 37.8 Å². The van der Waals surface area contributed by atoms with Crippen LogP contribution in [0.4, 0.5) is 0 Å². The predicted octanol–water partition coefficient (Wildman–Crippen LogP) is 4.21. The van der Waals surface area contributed by atoms with Crippen LogP contribution in [0.15, 0.2) is 33.7 Å². The van der Waals surface area contributed by atoms with Crippen LogP contribution in [0, 0.1) is 0 Å². The number of benzene rings is 1. The Balaban J connectivity index is 1.50. The highest BCUT2D eigenvalue weighted by Crippen LogP contribution is 2.29. The van der Waals surface area contributed by atoms with E-state index >= 15 is 0 Å². The van der Waals surface area contributed by atoms with Crippen molar-refractivity contribution >= 4 is 44.9 Å². The standard InChI is InChI=1S/C16H19N3OS2/c20-15(19-18-12-7-3-1-2-4-8-12)11-21-16-17-13-9-5-6-10-14(13)22-16/h5-6,9-10H,1-4,7-8,11H2,(H,19,20). The molecule has 1 aliphatic carbocycles.